The van der Waals surface area contributed by atoms with Gasteiger partial charge in [0.25, 0.3) is 0 Å². The monoisotopic (exact) mass is 635 g/mol. The Kier molecular flexibility index (Phi) is 22.0. The fourth-order valence-corrected chi connectivity index (χ4v) is 3.33. The molecule has 0 spiro atoms. The maximum Gasteiger partial charge on any atom is 0.177 e. The Morgan fingerprint density at radius 2 is 1.20 bits per heavy atom. The van der Waals surface area contributed by atoms with Gasteiger partial charge in [0.15, 0.2) is 11.6 Å². The fourth-order valence-electron chi connectivity index (χ4n) is 3.33. The lowest BCUT2D eigenvalue weighted by atomic mass is 10.0. The van der Waals surface area contributed by atoms with E-state index in [0.29, 0.717) is 49.1 Å². The van der Waals surface area contributed by atoms with Crippen molar-refractivity contribution in [1.82, 2.24) is 16.3 Å². The number of halogens is 1. The third kappa shape index (κ3) is 17.9. The molecule has 10 heteroatoms. The SMILES string of the molecule is C=CCOCc1c(OC)cccc1C(=O)CNC(C)(C)C.C=CCOCc1c(OC)cccc1C(C)=O.CC(C)(C)NCl.N. The molecule has 0 saturated heterocycles. The molecule has 0 bridgehead atoms. The first kappa shape index (κ1) is 43.1. The van der Waals surface area contributed by atoms with Crippen LogP contribution in [0.1, 0.15) is 80.3 Å². The first-order valence-corrected chi connectivity index (χ1v) is 14.4. The van der Waals surface area contributed by atoms with Gasteiger partial charge in [0.1, 0.15) is 11.5 Å². The third-order valence-corrected chi connectivity index (χ3v) is 5.98. The molecule has 0 radical (unpaired) electrons. The highest BCUT2D eigenvalue weighted by Gasteiger charge is 2.18. The normalized spacial score (nSPS) is 10.6. The predicted molar refractivity (Wildman–Crippen MR) is 182 cm³/mol. The van der Waals surface area contributed by atoms with Gasteiger partial charge in [0.2, 0.25) is 0 Å². The first-order valence-electron chi connectivity index (χ1n) is 14.0. The molecule has 0 aliphatic heterocycles. The minimum Gasteiger partial charge on any atom is -0.496 e. The van der Waals surface area contributed by atoms with Crippen LogP contribution in [0, 0.1) is 0 Å². The summed E-state index contributed by atoms with van der Waals surface area (Å²) in [6, 6.07) is 10.9. The van der Waals surface area contributed by atoms with Gasteiger partial charge in [-0.15, -0.1) is 13.2 Å². The van der Waals surface area contributed by atoms with Gasteiger partial charge in [-0.2, -0.15) is 0 Å². The van der Waals surface area contributed by atoms with Crippen LogP contribution in [0.15, 0.2) is 61.7 Å². The number of nitrogens with one attached hydrogen (secondary N) is 2. The van der Waals surface area contributed by atoms with Crippen LogP contribution in [0.4, 0.5) is 0 Å². The smallest absolute Gasteiger partial charge is 0.177 e. The van der Waals surface area contributed by atoms with Crippen LogP contribution in [0.3, 0.4) is 0 Å². The van der Waals surface area contributed by atoms with Gasteiger partial charge in [0.05, 0.1) is 47.2 Å². The summed E-state index contributed by atoms with van der Waals surface area (Å²) < 4.78 is 21.4. The maximum atomic E-state index is 12.4. The summed E-state index contributed by atoms with van der Waals surface area (Å²) in [4.78, 5) is 26.4. The van der Waals surface area contributed by atoms with Crippen LogP contribution < -0.4 is 25.8 Å². The Bertz CT molecular complexity index is 1160. The largest absolute Gasteiger partial charge is 0.496 e. The van der Waals surface area contributed by atoms with Crippen molar-refractivity contribution in [3.63, 3.8) is 0 Å². The Hall–Kier alpha value is -3.05. The standard InChI is InChI=1S/C17H25NO3.C13H16O3.C4H10ClN.H3N/c1-6-10-21-12-14-13(8-7-9-16(14)20-5)15(19)11-18-17(2,3)4;1-4-8-16-9-12-11(10(2)14)6-5-7-13(12)15-3;1-4(2,3)6-5;/h6-9,18H,1,10-12H2,2-5H3;4-7H,1,8-9H2,2-3H3;6H,1-3H3;1H3. The Morgan fingerprint density at radius 1 is 0.795 bits per heavy atom. The second-order valence-electron chi connectivity index (χ2n) is 11.5. The number of methoxy groups -OCH3 is 2. The molecule has 0 fully saturated rings. The number of Topliss-reactive ketones (excluding diaryl/α,β-unsaturated/α-hetero) is 2. The molecule has 44 heavy (non-hydrogen) atoms. The lowest BCUT2D eigenvalue weighted by Crippen LogP contribution is -2.39. The molecule has 0 aromatic heterocycles. The average Bonchev–Trinajstić information content (AvgIpc) is 2.96. The van der Waals surface area contributed by atoms with Crippen molar-refractivity contribution in [2.75, 3.05) is 34.0 Å². The van der Waals surface area contributed by atoms with Crippen LogP contribution in [-0.4, -0.2) is 56.6 Å². The summed E-state index contributed by atoms with van der Waals surface area (Å²) >= 11 is 5.23. The van der Waals surface area contributed by atoms with Crippen molar-refractivity contribution < 1.29 is 28.5 Å². The molecule has 248 valence electrons. The molecule has 2 rings (SSSR count). The van der Waals surface area contributed by atoms with Crippen molar-refractivity contribution in [3.05, 3.63) is 84.0 Å². The van der Waals surface area contributed by atoms with Crippen molar-refractivity contribution in [1.29, 1.82) is 0 Å². The summed E-state index contributed by atoms with van der Waals surface area (Å²) in [5, 5.41) is 3.20. The Labute approximate surface area is 270 Å². The van der Waals surface area contributed by atoms with Crippen LogP contribution in [0.5, 0.6) is 11.5 Å². The van der Waals surface area contributed by atoms with E-state index in [2.05, 4.69) is 23.3 Å². The zero-order chi connectivity index (χ0) is 33.1. The van der Waals surface area contributed by atoms with Crippen molar-refractivity contribution in [2.24, 2.45) is 0 Å². The summed E-state index contributed by atoms with van der Waals surface area (Å²) in [5.41, 5.74) is 2.80. The molecule has 0 saturated carbocycles. The molecule has 0 aliphatic carbocycles. The number of carbonyl (C=O) groups is 2. The second-order valence-corrected chi connectivity index (χ2v) is 11.7. The molecule has 5 N–H and O–H groups in total. The van der Waals surface area contributed by atoms with E-state index in [4.69, 9.17) is 30.7 Å². The number of ketones is 2. The predicted octanol–water partition coefficient (Wildman–Crippen LogP) is 7.26. The van der Waals surface area contributed by atoms with E-state index in [1.165, 1.54) is 6.92 Å². The van der Waals surface area contributed by atoms with Gasteiger partial charge < -0.3 is 30.4 Å². The van der Waals surface area contributed by atoms with Crippen molar-refractivity contribution >= 4 is 23.3 Å². The molecule has 2 aromatic carbocycles. The summed E-state index contributed by atoms with van der Waals surface area (Å²) in [7, 11) is 3.17. The van der Waals surface area contributed by atoms with Crippen LogP contribution in [-0.2, 0) is 22.7 Å². The number of hydrogen-bond acceptors (Lipinski definition) is 9. The van der Waals surface area contributed by atoms with Crippen LogP contribution in [0.25, 0.3) is 0 Å². The van der Waals surface area contributed by atoms with Gasteiger partial charge in [-0.3, -0.25) is 9.59 Å². The van der Waals surface area contributed by atoms with Crippen LogP contribution >= 0.6 is 11.8 Å². The average molecular weight is 636 g/mol. The van der Waals surface area contributed by atoms with Crippen LogP contribution in [0.2, 0.25) is 0 Å². The Balaban J connectivity index is 0. The Morgan fingerprint density at radius 3 is 1.55 bits per heavy atom. The van der Waals surface area contributed by atoms with Crippen molar-refractivity contribution in [2.45, 2.75) is 72.8 Å². The molecule has 0 heterocycles. The summed E-state index contributed by atoms with van der Waals surface area (Å²) in [5.74, 6) is 1.38. The van der Waals surface area contributed by atoms with E-state index in [9.17, 15) is 9.59 Å². The quantitative estimate of drug-likeness (QED) is 0.0849. The molecule has 0 amide bonds. The molecule has 2 aromatic rings. The van der Waals surface area contributed by atoms with E-state index < -0.39 is 0 Å². The molecule has 0 aliphatic rings. The van der Waals surface area contributed by atoms with E-state index in [0.717, 1.165) is 11.1 Å². The molecule has 9 nitrogen and oxygen atoms in total. The molecular formula is C34H54ClN3O6. The van der Waals surface area contributed by atoms with Gasteiger partial charge in [0, 0.05) is 33.3 Å². The maximum absolute atomic E-state index is 12.4. The summed E-state index contributed by atoms with van der Waals surface area (Å²) in [6.07, 6.45) is 3.35. The molecule has 0 unspecified atom stereocenters. The van der Waals surface area contributed by atoms with Crippen molar-refractivity contribution in [3.8, 4) is 11.5 Å². The number of carbonyl (C=O) groups excluding carboxylic acids is 2. The van der Waals surface area contributed by atoms with Gasteiger partial charge in [-0.1, -0.05) is 36.4 Å². The minimum atomic E-state index is -0.103. The van der Waals surface area contributed by atoms with E-state index in [1.54, 1.807) is 38.5 Å². The number of benzene rings is 2. The molecular weight excluding hydrogens is 582 g/mol. The van der Waals surface area contributed by atoms with E-state index >= 15 is 0 Å². The minimum absolute atomic E-state index is 0. The zero-order valence-electron chi connectivity index (χ0n) is 28.1. The lowest BCUT2D eigenvalue weighted by molar-refractivity contribution is 0.0971. The van der Waals surface area contributed by atoms with Gasteiger partial charge in [-0.25, -0.2) is 4.84 Å². The molecule has 0 atom stereocenters. The number of hydrogen-bond donors (Lipinski definition) is 3. The zero-order valence-corrected chi connectivity index (χ0v) is 28.9. The van der Waals surface area contributed by atoms with E-state index in [-0.39, 0.29) is 35.3 Å². The number of ether oxygens (including phenoxy) is 4. The fraction of sp³-hybridized carbons (Fsp3) is 0.471. The highest BCUT2D eigenvalue weighted by Crippen LogP contribution is 2.25. The van der Waals surface area contributed by atoms with Gasteiger partial charge in [-0.05, 0) is 72.4 Å². The highest BCUT2D eigenvalue weighted by molar-refractivity contribution is 6.13. The summed E-state index contributed by atoms with van der Waals surface area (Å²) in [6.45, 7) is 22.7. The number of rotatable bonds is 14. The lowest BCUT2D eigenvalue weighted by Gasteiger charge is -2.20. The topological polar surface area (TPSA) is 130 Å². The second kappa shape index (κ2) is 22.5. The van der Waals surface area contributed by atoms with Gasteiger partial charge >= 0.3 is 0 Å². The third-order valence-electron chi connectivity index (χ3n) is 5.41. The van der Waals surface area contributed by atoms with E-state index in [1.807, 2.05) is 65.8 Å². The first-order chi connectivity index (χ1) is 20.1. The highest BCUT2D eigenvalue weighted by atomic mass is 35.5.